The molecule has 1 N–H and O–H groups in total. The Labute approximate surface area is 124 Å². The molecule has 0 spiro atoms. The Morgan fingerprint density at radius 2 is 1.81 bits per heavy atom. The molecule has 0 aromatic heterocycles. The van der Waals surface area contributed by atoms with E-state index in [9.17, 15) is 17.2 Å². The van der Waals surface area contributed by atoms with Gasteiger partial charge in [-0.25, -0.2) is 17.2 Å². The molecule has 1 aromatic carbocycles. The predicted octanol–water partition coefficient (Wildman–Crippen LogP) is 1.97. The van der Waals surface area contributed by atoms with Crippen molar-refractivity contribution in [3.8, 4) is 0 Å². The third kappa shape index (κ3) is 5.33. The fraction of sp³-hybridized carbons (Fsp3) is 0.571. The first-order valence-corrected chi connectivity index (χ1v) is 8.51. The second kappa shape index (κ2) is 6.81. The third-order valence-corrected chi connectivity index (χ3v) is 5.21. The number of rotatable bonds is 8. The van der Waals surface area contributed by atoms with Crippen LogP contribution in [0, 0.1) is 0 Å². The van der Waals surface area contributed by atoms with Crippen molar-refractivity contribution in [3.05, 3.63) is 35.4 Å². The molecule has 0 bridgehead atoms. The van der Waals surface area contributed by atoms with Gasteiger partial charge in [-0.1, -0.05) is 24.3 Å². The average Bonchev–Trinajstić information content (AvgIpc) is 3.21. The van der Waals surface area contributed by atoms with Gasteiger partial charge >= 0.3 is 0 Å². The van der Waals surface area contributed by atoms with Crippen molar-refractivity contribution < 1.29 is 17.2 Å². The van der Waals surface area contributed by atoms with E-state index in [4.69, 9.17) is 0 Å². The fourth-order valence-electron chi connectivity index (χ4n) is 1.93. The Hall–Kier alpha value is -1.05. The van der Waals surface area contributed by atoms with Crippen molar-refractivity contribution in [2.24, 2.45) is 0 Å². The fourth-order valence-corrected chi connectivity index (χ4v) is 3.11. The van der Waals surface area contributed by atoms with E-state index in [1.54, 1.807) is 12.1 Å². The molecule has 0 amide bonds. The Bertz CT molecular complexity index is 557. The first kappa shape index (κ1) is 16.3. The van der Waals surface area contributed by atoms with Gasteiger partial charge in [-0.05, 0) is 24.0 Å². The zero-order valence-electron chi connectivity index (χ0n) is 11.9. The van der Waals surface area contributed by atoms with Gasteiger partial charge < -0.3 is 5.32 Å². The van der Waals surface area contributed by atoms with Gasteiger partial charge in [0.2, 0.25) is 10.0 Å². The van der Waals surface area contributed by atoms with Gasteiger partial charge in [0.05, 0.1) is 12.3 Å². The molecule has 0 atom stereocenters. The van der Waals surface area contributed by atoms with Crippen LogP contribution >= 0.6 is 0 Å². The van der Waals surface area contributed by atoms with E-state index >= 15 is 0 Å². The summed E-state index contributed by atoms with van der Waals surface area (Å²) in [6.07, 6.45) is -0.236. The minimum absolute atomic E-state index is 0.257. The molecule has 1 saturated carbocycles. The molecule has 118 valence electrons. The molecule has 0 unspecified atom stereocenters. The van der Waals surface area contributed by atoms with E-state index in [2.05, 4.69) is 5.32 Å². The highest BCUT2D eigenvalue weighted by Crippen LogP contribution is 2.19. The highest BCUT2D eigenvalue weighted by molar-refractivity contribution is 7.88. The van der Waals surface area contributed by atoms with Crippen LogP contribution in [0.1, 0.15) is 24.0 Å². The van der Waals surface area contributed by atoms with Gasteiger partial charge in [0.15, 0.2) is 0 Å². The van der Waals surface area contributed by atoms with Crippen LogP contribution < -0.4 is 5.32 Å². The summed E-state index contributed by atoms with van der Waals surface area (Å²) in [4.78, 5) is 0. The van der Waals surface area contributed by atoms with Crippen LogP contribution in [-0.2, 0) is 22.3 Å². The summed E-state index contributed by atoms with van der Waals surface area (Å²) in [5, 5.41) is 3.37. The summed E-state index contributed by atoms with van der Waals surface area (Å²) < 4.78 is 49.1. The minimum Gasteiger partial charge on any atom is -0.310 e. The average molecular weight is 318 g/mol. The molecule has 0 aliphatic heterocycles. The topological polar surface area (TPSA) is 49.4 Å². The van der Waals surface area contributed by atoms with Crippen molar-refractivity contribution in [2.45, 2.75) is 37.6 Å². The largest absolute Gasteiger partial charge is 0.310 e. The normalized spacial score (nSPS) is 15.9. The maximum absolute atomic E-state index is 12.2. The number of hydrogen-bond acceptors (Lipinski definition) is 3. The lowest BCUT2D eigenvalue weighted by Crippen LogP contribution is -2.32. The molecule has 0 saturated heterocycles. The maximum atomic E-state index is 12.2. The van der Waals surface area contributed by atoms with Crippen LogP contribution in [0.2, 0.25) is 0 Å². The number of hydrogen-bond donors (Lipinski definition) is 1. The molecule has 1 aliphatic carbocycles. The zero-order valence-corrected chi connectivity index (χ0v) is 12.7. The SMILES string of the molecule is CN(CC(F)F)S(=O)(=O)Cc1ccc(CNC2CC2)cc1. The van der Waals surface area contributed by atoms with Gasteiger partial charge in [0.1, 0.15) is 0 Å². The van der Waals surface area contributed by atoms with E-state index in [1.165, 1.54) is 19.9 Å². The predicted molar refractivity (Wildman–Crippen MR) is 77.6 cm³/mol. The molecule has 1 fully saturated rings. The molecule has 1 aliphatic rings. The zero-order chi connectivity index (χ0) is 15.5. The van der Waals surface area contributed by atoms with Gasteiger partial charge in [-0.2, -0.15) is 4.31 Å². The molecule has 0 heterocycles. The maximum Gasteiger partial charge on any atom is 0.252 e. The first-order chi connectivity index (χ1) is 9.87. The van der Waals surface area contributed by atoms with E-state index in [1.807, 2.05) is 12.1 Å². The second-order valence-electron chi connectivity index (χ2n) is 5.40. The lowest BCUT2D eigenvalue weighted by molar-refractivity contribution is 0.126. The lowest BCUT2D eigenvalue weighted by atomic mass is 10.1. The van der Waals surface area contributed by atoms with Crippen LogP contribution in [0.15, 0.2) is 24.3 Å². The molecule has 21 heavy (non-hydrogen) atoms. The minimum atomic E-state index is -3.70. The Morgan fingerprint density at radius 1 is 1.24 bits per heavy atom. The molecule has 2 rings (SSSR count). The van der Waals surface area contributed by atoms with Crippen LogP contribution in [0.5, 0.6) is 0 Å². The molecular weight excluding hydrogens is 298 g/mol. The van der Waals surface area contributed by atoms with E-state index in [0.29, 0.717) is 15.9 Å². The smallest absolute Gasteiger partial charge is 0.252 e. The highest BCUT2D eigenvalue weighted by Gasteiger charge is 2.22. The Morgan fingerprint density at radius 3 is 2.33 bits per heavy atom. The van der Waals surface area contributed by atoms with Gasteiger partial charge in [-0.15, -0.1) is 0 Å². The van der Waals surface area contributed by atoms with E-state index < -0.39 is 23.0 Å². The Kier molecular flexibility index (Phi) is 5.29. The molecule has 1 aromatic rings. The van der Waals surface area contributed by atoms with E-state index in [0.717, 1.165) is 12.1 Å². The van der Waals surface area contributed by atoms with Crippen LogP contribution in [-0.4, -0.2) is 38.8 Å². The van der Waals surface area contributed by atoms with Gasteiger partial charge in [0, 0.05) is 19.6 Å². The summed E-state index contributed by atoms with van der Waals surface area (Å²) >= 11 is 0. The van der Waals surface area contributed by atoms with Crippen molar-refractivity contribution in [1.29, 1.82) is 0 Å². The van der Waals surface area contributed by atoms with Crippen LogP contribution in [0.3, 0.4) is 0 Å². The number of nitrogens with zero attached hydrogens (tertiary/aromatic N) is 1. The van der Waals surface area contributed by atoms with Crippen molar-refractivity contribution >= 4 is 10.0 Å². The number of sulfonamides is 1. The molecule has 4 nitrogen and oxygen atoms in total. The summed E-state index contributed by atoms with van der Waals surface area (Å²) in [5.74, 6) is -0.257. The van der Waals surface area contributed by atoms with Gasteiger partial charge in [-0.3, -0.25) is 0 Å². The van der Waals surface area contributed by atoms with Crippen molar-refractivity contribution in [3.63, 3.8) is 0 Å². The molecule has 0 radical (unpaired) electrons. The third-order valence-electron chi connectivity index (χ3n) is 3.41. The van der Waals surface area contributed by atoms with Crippen molar-refractivity contribution in [1.82, 2.24) is 9.62 Å². The van der Waals surface area contributed by atoms with Crippen LogP contribution in [0.4, 0.5) is 8.78 Å². The highest BCUT2D eigenvalue weighted by atomic mass is 32.2. The first-order valence-electron chi connectivity index (χ1n) is 6.90. The lowest BCUT2D eigenvalue weighted by Gasteiger charge is -2.16. The summed E-state index contributed by atoms with van der Waals surface area (Å²) in [6, 6.07) is 7.82. The summed E-state index contributed by atoms with van der Waals surface area (Å²) in [6.45, 7) is -0.00525. The monoisotopic (exact) mass is 318 g/mol. The quantitative estimate of drug-likeness (QED) is 0.797. The summed E-state index contributed by atoms with van der Waals surface area (Å²) in [5.41, 5.74) is 1.69. The number of benzene rings is 1. The number of nitrogens with one attached hydrogen (secondary N) is 1. The Balaban J connectivity index is 1.91. The standard InChI is InChI=1S/C14H20F2N2O2S/c1-18(9-14(15)16)21(19,20)10-12-4-2-11(3-5-12)8-17-13-6-7-13/h2-5,13-14,17H,6-10H2,1H3. The van der Waals surface area contributed by atoms with Crippen LogP contribution in [0.25, 0.3) is 0 Å². The van der Waals surface area contributed by atoms with Gasteiger partial charge in [0.25, 0.3) is 6.43 Å². The molecule has 7 heteroatoms. The summed E-state index contributed by atoms with van der Waals surface area (Å²) in [7, 11) is -2.52. The van der Waals surface area contributed by atoms with Crippen molar-refractivity contribution in [2.75, 3.05) is 13.6 Å². The number of alkyl halides is 2. The number of halogens is 2. The van der Waals surface area contributed by atoms with E-state index in [-0.39, 0.29) is 5.75 Å². The second-order valence-corrected chi connectivity index (χ2v) is 7.48. The molecular formula is C14H20F2N2O2S.